The lowest BCUT2D eigenvalue weighted by molar-refractivity contribution is -0.144. The van der Waals surface area contributed by atoms with Crippen molar-refractivity contribution in [2.45, 2.75) is 13.3 Å². The zero-order valence-electron chi connectivity index (χ0n) is 8.32. The molecule has 0 saturated carbocycles. The number of esters is 1. The Hall–Kier alpha value is -0.650. The SMILES string of the molecule is COC(=O)C(C)CS(=O)(=O)CCCF. The van der Waals surface area contributed by atoms with Gasteiger partial charge in [0.2, 0.25) is 0 Å². The molecule has 0 rings (SSSR count). The summed E-state index contributed by atoms with van der Waals surface area (Å²) in [5, 5.41) is 0. The molecule has 0 heterocycles. The van der Waals surface area contributed by atoms with Gasteiger partial charge in [0.1, 0.15) is 0 Å². The standard InChI is InChI=1S/C8H15FO4S/c1-7(8(10)13-2)6-14(11,12)5-3-4-9/h7H,3-6H2,1-2H3. The van der Waals surface area contributed by atoms with Crippen LogP contribution in [0.25, 0.3) is 0 Å². The number of alkyl halides is 1. The highest BCUT2D eigenvalue weighted by Crippen LogP contribution is 2.05. The molecule has 0 aromatic carbocycles. The molecule has 0 spiro atoms. The van der Waals surface area contributed by atoms with Crippen molar-refractivity contribution in [1.29, 1.82) is 0 Å². The van der Waals surface area contributed by atoms with Gasteiger partial charge in [0.15, 0.2) is 9.84 Å². The van der Waals surface area contributed by atoms with Crippen LogP contribution in [0, 0.1) is 5.92 Å². The van der Waals surface area contributed by atoms with Crippen LogP contribution in [0.4, 0.5) is 4.39 Å². The zero-order valence-corrected chi connectivity index (χ0v) is 9.14. The molecule has 0 N–H and O–H groups in total. The van der Waals surface area contributed by atoms with Crippen LogP contribution >= 0.6 is 0 Å². The maximum Gasteiger partial charge on any atom is 0.309 e. The predicted molar refractivity (Wildman–Crippen MR) is 50.4 cm³/mol. The van der Waals surface area contributed by atoms with E-state index in [1.165, 1.54) is 14.0 Å². The Kier molecular flexibility index (Phi) is 5.68. The molecule has 1 unspecified atom stereocenters. The van der Waals surface area contributed by atoms with Gasteiger partial charge in [-0.15, -0.1) is 0 Å². The Bertz CT molecular complexity index is 273. The second kappa shape index (κ2) is 5.95. The minimum absolute atomic E-state index is 0.0176. The lowest BCUT2D eigenvalue weighted by Gasteiger charge is -2.08. The van der Waals surface area contributed by atoms with Gasteiger partial charge in [-0.05, 0) is 6.42 Å². The van der Waals surface area contributed by atoms with Crippen molar-refractivity contribution in [1.82, 2.24) is 0 Å². The fourth-order valence-corrected chi connectivity index (χ4v) is 2.62. The number of carbonyl (C=O) groups is 1. The van der Waals surface area contributed by atoms with Gasteiger partial charge in [0, 0.05) is 0 Å². The van der Waals surface area contributed by atoms with E-state index in [0.29, 0.717) is 0 Å². The van der Waals surface area contributed by atoms with Crippen LogP contribution in [-0.4, -0.2) is 39.7 Å². The van der Waals surface area contributed by atoms with Crippen molar-refractivity contribution < 1.29 is 22.3 Å². The molecule has 0 aromatic heterocycles. The average Bonchev–Trinajstić information content (AvgIpc) is 2.12. The van der Waals surface area contributed by atoms with Crippen molar-refractivity contribution in [3.8, 4) is 0 Å². The molecular formula is C8H15FO4S. The molecule has 0 bridgehead atoms. The summed E-state index contributed by atoms with van der Waals surface area (Å²) in [5.74, 6) is -1.75. The minimum Gasteiger partial charge on any atom is -0.469 e. The molecular weight excluding hydrogens is 211 g/mol. The Morgan fingerprint density at radius 2 is 2.07 bits per heavy atom. The second-order valence-electron chi connectivity index (χ2n) is 3.08. The molecule has 0 aliphatic rings. The van der Waals surface area contributed by atoms with Gasteiger partial charge in [-0.3, -0.25) is 9.18 Å². The third-order valence-electron chi connectivity index (χ3n) is 1.70. The van der Waals surface area contributed by atoms with Crippen molar-refractivity contribution >= 4 is 15.8 Å². The third kappa shape index (κ3) is 5.16. The van der Waals surface area contributed by atoms with Crippen LogP contribution in [0.5, 0.6) is 0 Å². The summed E-state index contributed by atoms with van der Waals surface area (Å²) >= 11 is 0. The first-order valence-corrected chi connectivity index (χ1v) is 6.09. The fraction of sp³-hybridized carbons (Fsp3) is 0.875. The summed E-state index contributed by atoms with van der Waals surface area (Å²) < 4.78 is 38.6. The number of sulfone groups is 1. The van der Waals surface area contributed by atoms with Crippen molar-refractivity contribution in [3.63, 3.8) is 0 Å². The van der Waals surface area contributed by atoms with E-state index in [1.807, 2.05) is 0 Å². The lowest BCUT2D eigenvalue weighted by atomic mass is 10.2. The third-order valence-corrected chi connectivity index (χ3v) is 3.62. The number of hydrogen-bond donors (Lipinski definition) is 0. The molecule has 0 aromatic rings. The highest BCUT2D eigenvalue weighted by Gasteiger charge is 2.21. The number of ether oxygens (including phenoxy) is 1. The molecule has 84 valence electrons. The van der Waals surface area contributed by atoms with E-state index in [2.05, 4.69) is 4.74 Å². The maximum absolute atomic E-state index is 11.7. The summed E-state index contributed by atoms with van der Waals surface area (Å²) in [6, 6.07) is 0. The van der Waals surface area contributed by atoms with Crippen LogP contribution < -0.4 is 0 Å². The summed E-state index contributed by atoms with van der Waals surface area (Å²) in [5.41, 5.74) is 0. The minimum atomic E-state index is -3.34. The van der Waals surface area contributed by atoms with E-state index in [9.17, 15) is 17.6 Å². The van der Waals surface area contributed by atoms with Crippen molar-refractivity contribution in [2.75, 3.05) is 25.3 Å². The van der Waals surface area contributed by atoms with Gasteiger partial charge in [0.25, 0.3) is 0 Å². The molecule has 0 saturated heterocycles. The maximum atomic E-state index is 11.7. The molecule has 6 heteroatoms. The quantitative estimate of drug-likeness (QED) is 0.621. The van der Waals surface area contributed by atoms with E-state index < -0.39 is 28.4 Å². The molecule has 0 aliphatic carbocycles. The van der Waals surface area contributed by atoms with E-state index in [4.69, 9.17) is 0 Å². The lowest BCUT2D eigenvalue weighted by Crippen LogP contribution is -2.24. The number of halogens is 1. The van der Waals surface area contributed by atoms with Crippen LogP contribution in [0.1, 0.15) is 13.3 Å². The van der Waals surface area contributed by atoms with Gasteiger partial charge in [-0.1, -0.05) is 6.92 Å². The number of hydrogen-bond acceptors (Lipinski definition) is 4. The molecule has 0 amide bonds. The van der Waals surface area contributed by atoms with Crippen LogP contribution in [0.15, 0.2) is 0 Å². The van der Waals surface area contributed by atoms with Crippen LogP contribution in [-0.2, 0) is 19.4 Å². The first-order chi connectivity index (χ1) is 6.43. The molecule has 4 nitrogen and oxygen atoms in total. The van der Waals surface area contributed by atoms with Gasteiger partial charge in [-0.25, -0.2) is 8.42 Å². The Balaban J connectivity index is 4.15. The number of methoxy groups -OCH3 is 1. The van der Waals surface area contributed by atoms with Gasteiger partial charge in [-0.2, -0.15) is 0 Å². The Morgan fingerprint density at radius 3 is 2.50 bits per heavy atom. The van der Waals surface area contributed by atoms with E-state index in [1.54, 1.807) is 0 Å². The molecule has 0 aliphatic heterocycles. The number of carbonyl (C=O) groups excluding carboxylic acids is 1. The number of rotatable bonds is 6. The van der Waals surface area contributed by atoms with Crippen LogP contribution in [0.3, 0.4) is 0 Å². The fourth-order valence-electron chi connectivity index (χ4n) is 1.01. The first-order valence-electron chi connectivity index (χ1n) is 4.27. The molecule has 0 radical (unpaired) electrons. The normalized spacial score (nSPS) is 13.6. The molecule has 1 atom stereocenters. The van der Waals surface area contributed by atoms with Crippen LogP contribution in [0.2, 0.25) is 0 Å². The first kappa shape index (κ1) is 13.4. The Morgan fingerprint density at radius 1 is 1.50 bits per heavy atom. The van der Waals surface area contributed by atoms with Gasteiger partial charge >= 0.3 is 5.97 Å². The van der Waals surface area contributed by atoms with E-state index in [0.717, 1.165) is 0 Å². The zero-order chi connectivity index (χ0) is 11.2. The average molecular weight is 226 g/mol. The van der Waals surface area contributed by atoms with Crippen molar-refractivity contribution in [2.24, 2.45) is 5.92 Å². The van der Waals surface area contributed by atoms with E-state index in [-0.39, 0.29) is 17.9 Å². The molecule has 0 fully saturated rings. The Labute approximate surface area is 83.4 Å². The summed E-state index contributed by atoms with van der Waals surface area (Å²) in [7, 11) is -2.14. The highest BCUT2D eigenvalue weighted by atomic mass is 32.2. The van der Waals surface area contributed by atoms with Gasteiger partial charge < -0.3 is 4.74 Å². The van der Waals surface area contributed by atoms with Gasteiger partial charge in [0.05, 0.1) is 31.2 Å². The smallest absolute Gasteiger partial charge is 0.309 e. The molecule has 14 heavy (non-hydrogen) atoms. The summed E-state index contributed by atoms with van der Waals surface area (Å²) in [6.07, 6.45) is -0.0176. The van der Waals surface area contributed by atoms with E-state index >= 15 is 0 Å². The predicted octanol–water partition coefficient (Wildman–Crippen LogP) is 0.570. The monoisotopic (exact) mass is 226 g/mol. The summed E-state index contributed by atoms with van der Waals surface area (Å²) in [4.78, 5) is 10.9. The van der Waals surface area contributed by atoms with Crippen molar-refractivity contribution in [3.05, 3.63) is 0 Å². The largest absolute Gasteiger partial charge is 0.469 e. The topological polar surface area (TPSA) is 60.4 Å². The summed E-state index contributed by atoms with van der Waals surface area (Å²) in [6.45, 7) is 0.810. The highest BCUT2D eigenvalue weighted by molar-refractivity contribution is 7.91. The second-order valence-corrected chi connectivity index (χ2v) is 5.31.